The highest BCUT2D eigenvalue weighted by Crippen LogP contribution is 2.20. The summed E-state index contributed by atoms with van der Waals surface area (Å²) in [7, 11) is 0. The second-order valence-electron chi connectivity index (χ2n) is 5.36. The van der Waals surface area contributed by atoms with Gasteiger partial charge in [-0.05, 0) is 37.5 Å². The average Bonchev–Trinajstić information content (AvgIpc) is 2.42. The Labute approximate surface area is 112 Å². The first-order valence-electron chi connectivity index (χ1n) is 6.92. The van der Waals surface area contributed by atoms with E-state index in [1.165, 1.54) is 12.0 Å². The summed E-state index contributed by atoms with van der Waals surface area (Å²) in [5.41, 5.74) is 3.68. The molecule has 0 saturated carbocycles. The number of likely N-dealkylation sites (tertiary alicyclic amines) is 1. The molecule has 0 amide bonds. The van der Waals surface area contributed by atoms with Crippen molar-refractivity contribution in [1.82, 2.24) is 14.9 Å². The molecule has 19 heavy (non-hydrogen) atoms. The molecule has 0 unspecified atom stereocenters. The van der Waals surface area contributed by atoms with Crippen LogP contribution in [0.25, 0.3) is 11.0 Å². The maximum Gasteiger partial charge on any atom is 0.251 e. The van der Waals surface area contributed by atoms with Gasteiger partial charge in [0.15, 0.2) is 0 Å². The second-order valence-corrected chi connectivity index (χ2v) is 5.36. The fourth-order valence-corrected chi connectivity index (χ4v) is 2.56. The van der Waals surface area contributed by atoms with Crippen LogP contribution in [0.15, 0.2) is 23.1 Å². The number of hydrogen-bond donors (Lipinski definition) is 1. The predicted octanol–water partition coefficient (Wildman–Crippen LogP) is 2.08. The van der Waals surface area contributed by atoms with Gasteiger partial charge in [0, 0.05) is 30.9 Å². The van der Waals surface area contributed by atoms with Crippen molar-refractivity contribution in [3.63, 3.8) is 0 Å². The molecule has 1 atom stereocenters. The lowest BCUT2D eigenvalue weighted by atomic mass is 10.0. The Kier molecular flexibility index (Phi) is 3.11. The van der Waals surface area contributed by atoms with Crippen molar-refractivity contribution < 1.29 is 0 Å². The number of fused-ring (bicyclic) bond motifs is 1. The van der Waals surface area contributed by atoms with Gasteiger partial charge in [-0.25, -0.2) is 0 Å². The van der Waals surface area contributed by atoms with Gasteiger partial charge in [0.05, 0.1) is 11.0 Å². The first-order valence-corrected chi connectivity index (χ1v) is 6.92. The first-order chi connectivity index (χ1) is 9.17. The summed E-state index contributed by atoms with van der Waals surface area (Å²) in [5, 5.41) is 0. The van der Waals surface area contributed by atoms with E-state index in [4.69, 9.17) is 0 Å². The molecule has 0 aliphatic carbocycles. The molecule has 3 heterocycles. The molecule has 1 saturated heterocycles. The lowest BCUT2D eigenvalue weighted by Gasteiger charge is -2.38. The van der Waals surface area contributed by atoms with Gasteiger partial charge >= 0.3 is 0 Å². The maximum atomic E-state index is 11.8. The van der Waals surface area contributed by atoms with E-state index in [-0.39, 0.29) is 5.56 Å². The van der Waals surface area contributed by atoms with E-state index in [9.17, 15) is 4.79 Å². The third-order valence-corrected chi connectivity index (χ3v) is 4.05. The van der Waals surface area contributed by atoms with E-state index in [0.717, 1.165) is 36.1 Å². The quantitative estimate of drug-likeness (QED) is 0.916. The van der Waals surface area contributed by atoms with Crippen molar-refractivity contribution in [1.29, 1.82) is 0 Å². The van der Waals surface area contributed by atoms with Crippen LogP contribution in [0.2, 0.25) is 0 Å². The zero-order valence-corrected chi connectivity index (χ0v) is 11.4. The zero-order chi connectivity index (χ0) is 13.4. The average molecular weight is 257 g/mol. The van der Waals surface area contributed by atoms with Gasteiger partial charge in [-0.1, -0.05) is 6.92 Å². The standard InChI is InChI=1S/C15H19N3O/c1-3-12-7-13-14(17-15(12)19)6-11(8-16-13)9-18-5-4-10(18)2/h6-8,10H,3-5,9H2,1-2H3,(H,17,19)/t10-/m1/s1. The SMILES string of the molecule is CCc1cc2ncc(CN3CC[C@H]3C)cc2[nH]c1=O. The minimum Gasteiger partial charge on any atom is -0.320 e. The Morgan fingerprint density at radius 1 is 1.47 bits per heavy atom. The molecule has 0 aromatic carbocycles. The summed E-state index contributed by atoms with van der Waals surface area (Å²) in [6.45, 7) is 6.30. The van der Waals surface area contributed by atoms with Crippen LogP contribution in [0.5, 0.6) is 0 Å². The highest BCUT2D eigenvalue weighted by atomic mass is 16.1. The van der Waals surface area contributed by atoms with Crippen molar-refractivity contribution in [2.75, 3.05) is 6.54 Å². The number of aromatic nitrogens is 2. The monoisotopic (exact) mass is 257 g/mol. The van der Waals surface area contributed by atoms with Gasteiger partial charge in [0.1, 0.15) is 0 Å². The van der Waals surface area contributed by atoms with E-state index in [1.807, 2.05) is 25.3 Å². The lowest BCUT2D eigenvalue weighted by Crippen LogP contribution is -2.44. The molecule has 0 spiro atoms. The van der Waals surface area contributed by atoms with E-state index in [1.54, 1.807) is 0 Å². The maximum absolute atomic E-state index is 11.8. The van der Waals surface area contributed by atoms with Crippen LogP contribution in [0, 0.1) is 0 Å². The highest BCUT2D eigenvalue weighted by Gasteiger charge is 2.23. The molecule has 4 heteroatoms. The summed E-state index contributed by atoms with van der Waals surface area (Å²) in [4.78, 5) is 21.6. The molecular formula is C15H19N3O. The van der Waals surface area contributed by atoms with Gasteiger partial charge in [0.2, 0.25) is 0 Å². The molecule has 1 aliphatic heterocycles. The summed E-state index contributed by atoms with van der Waals surface area (Å²) in [6, 6.07) is 4.61. The second kappa shape index (κ2) is 4.78. The van der Waals surface area contributed by atoms with Gasteiger partial charge < -0.3 is 4.98 Å². The minimum absolute atomic E-state index is 0.00580. The smallest absolute Gasteiger partial charge is 0.251 e. The Morgan fingerprint density at radius 3 is 2.95 bits per heavy atom. The molecular weight excluding hydrogens is 238 g/mol. The molecule has 2 aromatic heterocycles. The van der Waals surface area contributed by atoms with Crippen molar-refractivity contribution in [3.8, 4) is 0 Å². The number of nitrogens with one attached hydrogen (secondary N) is 1. The van der Waals surface area contributed by atoms with Crippen LogP contribution in [-0.2, 0) is 13.0 Å². The number of nitrogens with zero attached hydrogens (tertiary/aromatic N) is 2. The molecule has 4 nitrogen and oxygen atoms in total. The van der Waals surface area contributed by atoms with Gasteiger partial charge in [-0.15, -0.1) is 0 Å². The third kappa shape index (κ3) is 2.28. The van der Waals surface area contributed by atoms with Gasteiger partial charge in [0.25, 0.3) is 5.56 Å². The van der Waals surface area contributed by atoms with E-state index >= 15 is 0 Å². The number of pyridine rings is 2. The summed E-state index contributed by atoms with van der Waals surface area (Å²) in [5.74, 6) is 0. The fraction of sp³-hybridized carbons (Fsp3) is 0.467. The Hall–Kier alpha value is -1.68. The van der Waals surface area contributed by atoms with Crippen molar-refractivity contribution >= 4 is 11.0 Å². The number of rotatable bonds is 3. The zero-order valence-electron chi connectivity index (χ0n) is 11.4. The van der Waals surface area contributed by atoms with Gasteiger partial charge in [-0.3, -0.25) is 14.7 Å². The fourth-order valence-electron chi connectivity index (χ4n) is 2.56. The molecule has 2 aromatic rings. The van der Waals surface area contributed by atoms with Crippen LogP contribution in [0.4, 0.5) is 0 Å². The molecule has 3 rings (SSSR count). The molecule has 0 radical (unpaired) electrons. The van der Waals surface area contributed by atoms with Crippen LogP contribution in [-0.4, -0.2) is 27.5 Å². The molecule has 0 bridgehead atoms. The molecule has 100 valence electrons. The van der Waals surface area contributed by atoms with E-state index in [0.29, 0.717) is 6.04 Å². The third-order valence-electron chi connectivity index (χ3n) is 4.05. The van der Waals surface area contributed by atoms with Crippen LogP contribution in [0.1, 0.15) is 31.4 Å². The van der Waals surface area contributed by atoms with Crippen LogP contribution >= 0.6 is 0 Å². The Bertz CT molecular complexity index is 662. The number of H-pyrrole nitrogens is 1. The number of aryl methyl sites for hydroxylation is 1. The van der Waals surface area contributed by atoms with Crippen molar-refractivity contribution in [3.05, 3.63) is 39.8 Å². The summed E-state index contributed by atoms with van der Waals surface area (Å²) in [6.07, 6.45) is 3.93. The molecule has 1 N–H and O–H groups in total. The van der Waals surface area contributed by atoms with Gasteiger partial charge in [-0.2, -0.15) is 0 Å². The van der Waals surface area contributed by atoms with Crippen molar-refractivity contribution in [2.45, 2.75) is 39.3 Å². The van der Waals surface area contributed by atoms with E-state index in [2.05, 4.69) is 21.8 Å². The highest BCUT2D eigenvalue weighted by molar-refractivity contribution is 5.74. The number of hydrogen-bond acceptors (Lipinski definition) is 3. The summed E-state index contributed by atoms with van der Waals surface area (Å²) < 4.78 is 0. The normalized spacial score (nSPS) is 19.6. The van der Waals surface area contributed by atoms with Crippen LogP contribution < -0.4 is 5.56 Å². The Morgan fingerprint density at radius 2 is 2.32 bits per heavy atom. The van der Waals surface area contributed by atoms with Crippen LogP contribution in [0.3, 0.4) is 0 Å². The largest absolute Gasteiger partial charge is 0.320 e. The topological polar surface area (TPSA) is 49.0 Å². The lowest BCUT2D eigenvalue weighted by molar-refractivity contribution is 0.0959. The Balaban J connectivity index is 1.94. The number of aromatic amines is 1. The minimum atomic E-state index is 0.00580. The predicted molar refractivity (Wildman–Crippen MR) is 76.2 cm³/mol. The first kappa shape index (κ1) is 12.4. The molecule has 1 fully saturated rings. The summed E-state index contributed by atoms with van der Waals surface area (Å²) >= 11 is 0. The molecule has 1 aliphatic rings. The van der Waals surface area contributed by atoms with E-state index < -0.39 is 0 Å². The van der Waals surface area contributed by atoms with Crippen molar-refractivity contribution in [2.24, 2.45) is 0 Å².